The lowest BCUT2D eigenvalue weighted by Crippen LogP contribution is -2.53. The number of aromatic nitrogens is 1. The molecule has 0 bridgehead atoms. The van der Waals surface area contributed by atoms with Crippen molar-refractivity contribution in [3.8, 4) is 11.8 Å². The molecule has 0 aliphatic carbocycles. The van der Waals surface area contributed by atoms with Crippen LogP contribution < -0.4 is 15.5 Å². The molecule has 3 fully saturated rings. The average Bonchev–Trinajstić information content (AvgIpc) is 4.04. The molecule has 0 spiro atoms. The predicted octanol–water partition coefficient (Wildman–Crippen LogP) is 6.22. The Balaban J connectivity index is 0.668. The van der Waals surface area contributed by atoms with Crippen LogP contribution >= 0.6 is 11.3 Å². The maximum atomic E-state index is 14.0. The lowest BCUT2D eigenvalue weighted by molar-refractivity contribution is -0.137. The number of imide groups is 1. The summed E-state index contributed by atoms with van der Waals surface area (Å²) in [5.41, 5.74) is 5.79. The Labute approximate surface area is 379 Å². The lowest BCUT2D eigenvalue weighted by Gasteiger charge is -2.43. The van der Waals surface area contributed by atoms with Crippen molar-refractivity contribution in [3.05, 3.63) is 112 Å². The van der Waals surface area contributed by atoms with E-state index in [2.05, 4.69) is 54.3 Å². The number of anilines is 2. The van der Waals surface area contributed by atoms with E-state index in [4.69, 9.17) is 0 Å². The van der Waals surface area contributed by atoms with Crippen LogP contribution in [-0.2, 0) is 27.5 Å². The standard InChI is InChI=1S/C50H56N8O5S/c59-44-20-19-43(46(60)52-44)57-34-42-35(15-11-16-40(42)48(57)62)12-7-4-2-1-3-5-10-24-54-27-29-56(30-28-54)38-21-25-55(26-22-38)39-18-17-37-33-58(49(63)41(37)32-39)45(36-13-8-6-9-14-36)47(61)53-50-51-23-31-64-50/h6,8-9,11,13-18,23,31-32,38,43,45H,1-5,10,19-22,24-30,33-34H2,(H,51,53,61)(H,52,59,60). The monoisotopic (exact) mass is 880 g/mol. The molecule has 6 heterocycles. The smallest absolute Gasteiger partial charge is 0.255 e. The zero-order valence-electron chi connectivity index (χ0n) is 36.3. The molecular formula is C50H56N8O5S. The van der Waals surface area contributed by atoms with E-state index in [9.17, 15) is 24.0 Å². The molecule has 4 aromatic rings. The highest BCUT2D eigenvalue weighted by atomic mass is 32.1. The number of benzene rings is 3. The fraction of sp³-hybridized carbons (Fsp3) is 0.440. The van der Waals surface area contributed by atoms with Crippen LogP contribution in [0.15, 0.2) is 78.3 Å². The highest BCUT2D eigenvalue weighted by Crippen LogP contribution is 2.36. The van der Waals surface area contributed by atoms with Crippen LogP contribution in [0, 0.1) is 11.8 Å². The van der Waals surface area contributed by atoms with Gasteiger partial charge in [0.25, 0.3) is 17.7 Å². The Bertz CT molecular complexity index is 2420. The van der Waals surface area contributed by atoms with Gasteiger partial charge in [0.15, 0.2) is 5.13 Å². The molecule has 14 heteroatoms. The van der Waals surface area contributed by atoms with Gasteiger partial charge in [-0.25, -0.2) is 4.98 Å². The molecule has 5 aliphatic heterocycles. The third-order valence-corrected chi connectivity index (χ3v) is 14.3. The number of hydrogen-bond donors (Lipinski definition) is 2. The second kappa shape index (κ2) is 19.9. The Morgan fingerprint density at radius 1 is 0.828 bits per heavy atom. The minimum Gasteiger partial charge on any atom is -0.371 e. The molecule has 13 nitrogen and oxygen atoms in total. The molecule has 2 atom stereocenters. The molecule has 64 heavy (non-hydrogen) atoms. The van der Waals surface area contributed by atoms with Crippen LogP contribution in [-0.4, -0.2) is 112 Å². The molecule has 5 aliphatic rings. The van der Waals surface area contributed by atoms with Crippen LogP contribution in [0.5, 0.6) is 0 Å². The van der Waals surface area contributed by atoms with Crippen molar-refractivity contribution in [1.82, 2.24) is 29.9 Å². The summed E-state index contributed by atoms with van der Waals surface area (Å²) in [6.07, 6.45) is 11.1. The number of unbranched alkanes of at least 4 members (excludes halogenated alkanes) is 5. The number of carbonyl (C=O) groups is 5. The predicted molar refractivity (Wildman–Crippen MR) is 247 cm³/mol. The number of amides is 5. The van der Waals surface area contributed by atoms with Gasteiger partial charge in [-0.1, -0.05) is 73.6 Å². The number of nitrogens with zero attached hydrogens (tertiary/aromatic N) is 6. The third kappa shape index (κ3) is 9.62. The molecular weight excluding hydrogens is 825 g/mol. The first-order valence-electron chi connectivity index (χ1n) is 23.0. The highest BCUT2D eigenvalue weighted by molar-refractivity contribution is 7.13. The van der Waals surface area contributed by atoms with Crippen LogP contribution in [0.1, 0.15) is 113 Å². The SMILES string of the molecule is O=C1CCC(N2Cc3c(C#CCCCCCCCN4CCN(C5CCN(c6ccc7c(c6)C(=O)N(C(C(=O)Nc6nccs6)c6ccccc6)C7)CC5)CC4)cccc3C2=O)C(=O)N1. The van der Waals surface area contributed by atoms with E-state index in [0.717, 1.165) is 106 Å². The first kappa shape index (κ1) is 43.4. The van der Waals surface area contributed by atoms with Gasteiger partial charge in [0, 0.05) is 105 Å². The van der Waals surface area contributed by atoms with Gasteiger partial charge in [0.05, 0.1) is 0 Å². The van der Waals surface area contributed by atoms with Gasteiger partial charge < -0.3 is 19.6 Å². The summed E-state index contributed by atoms with van der Waals surface area (Å²) in [5, 5.41) is 7.61. The number of rotatable bonds is 14. The summed E-state index contributed by atoms with van der Waals surface area (Å²) in [6, 6.07) is 20.5. The normalized spacial score (nSPS) is 19.9. The Hall–Kier alpha value is -5.88. The Kier molecular flexibility index (Phi) is 13.5. The molecule has 9 rings (SSSR count). The first-order valence-corrected chi connectivity index (χ1v) is 23.8. The summed E-state index contributed by atoms with van der Waals surface area (Å²) < 4.78 is 0. The van der Waals surface area contributed by atoms with Gasteiger partial charge in [-0.05, 0) is 79.6 Å². The average molecular weight is 881 g/mol. The highest BCUT2D eigenvalue weighted by Gasteiger charge is 2.41. The molecule has 332 valence electrons. The summed E-state index contributed by atoms with van der Waals surface area (Å²) in [7, 11) is 0. The molecule has 0 saturated carbocycles. The van der Waals surface area contributed by atoms with Crippen molar-refractivity contribution in [2.75, 3.05) is 56.0 Å². The molecule has 1 aromatic heterocycles. The number of hydrogen-bond acceptors (Lipinski definition) is 10. The second-order valence-electron chi connectivity index (χ2n) is 17.6. The summed E-state index contributed by atoms with van der Waals surface area (Å²) in [4.78, 5) is 80.0. The summed E-state index contributed by atoms with van der Waals surface area (Å²) >= 11 is 1.36. The van der Waals surface area contributed by atoms with Crippen molar-refractivity contribution in [2.24, 2.45) is 0 Å². The topological polar surface area (TPSA) is 138 Å². The Morgan fingerprint density at radius 3 is 2.41 bits per heavy atom. The number of nitrogens with one attached hydrogen (secondary N) is 2. The van der Waals surface area contributed by atoms with Gasteiger partial charge in [0.2, 0.25) is 11.8 Å². The Morgan fingerprint density at radius 2 is 1.62 bits per heavy atom. The minimum atomic E-state index is -0.767. The van der Waals surface area contributed by atoms with Crippen molar-refractivity contribution < 1.29 is 24.0 Å². The van der Waals surface area contributed by atoms with E-state index in [-0.39, 0.29) is 30.0 Å². The molecule has 3 saturated heterocycles. The third-order valence-electron chi connectivity index (χ3n) is 13.6. The zero-order valence-corrected chi connectivity index (χ0v) is 37.1. The van der Waals surface area contributed by atoms with Crippen molar-refractivity contribution >= 4 is 51.7 Å². The number of thiazole rings is 1. The number of piperidine rings is 2. The fourth-order valence-corrected chi connectivity index (χ4v) is 10.6. The van der Waals surface area contributed by atoms with Gasteiger partial charge in [-0.15, -0.1) is 11.3 Å². The van der Waals surface area contributed by atoms with E-state index >= 15 is 0 Å². The minimum absolute atomic E-state index is 0.120. The first-order chi connectivity index (χ1) is 31.3. The van der Waals surface area contributed by atoms with Crippen molar-refractivity contribution in [1.29, 1.82) is 0 Å². The van der Waals surface area contributed by atoms with Gasteiger partial charge >= 0.3 is 0 Å². The lowest BCUT2D eigenvalue weighted by atomic mass is 10.0. The number of carbonyl (C=O) groups excluding carboxylic acids is 5. The van der Waals surface area contributed by atoms with Crippen LogP contribution in [0.4, 0.5) is 10.8 Å². The summed E-state index contributed by atoms with van der Waals surface area (Å²) in [6.45, 7) is 8.24. The molecule has 3 aromatic carbocycles. The van der Waals surface area contributed by atoms with E-state index in [1.807, 2.05) is 53.9 Å². The van der Waals surface area contributed by atoms with Gasteiger partial charge in [0.1, 0.15) is 12.1 Å². The molecule has 2 N–H and O–H groups in total. The maximum absolute atomic E-state index is 14.0. The molecule has 2 unspecified atom stereocenters. The van der Waals surface area contributed by atoms with Gasteiger partial charge in [-0.3, -0.25) is 39.5 Å². The van der Waals surface area contributed by atoms with Gasteiger partial charge in [-0.2, -0.15) is 0 Å². The zero-order chi connectivity index (χ0) is 44.0. The summed E-state index contributed by atoms with van der Waals surface area (Å²) in [5.74, 6) is 5.38. The van der Waals surface area contributed by atoms with Crippen LogP contribution in [0.2, 0.25) is 0 Å². The number of fused-ring (bicyclic) bond motifs is 2. The van der Waals surface area contributed by atoms with Crippen LogP contribution in [0.25, 0.3) is 0 Å². The number of piperazine rings is 1. The molecule has 0 radical (unpaired) electrons. The maximum Gasteiger partial charge on any atom is 0.255 e. The van der Waals surface area contributed by atoms with E-state index in [1.54, 1.807) is 22.1 Å². The van der Waals surface area contributed by atoms with E-state index < -0.39 is 18.0 Å². The van der Waals surface area contributed by atoms with E-state index in [1.165, 1.54) is 30.6 Å². The second-order valence-corrected chi connectivity index (χ2v) is 18.5. The quantitative estimate of drug-likeness (QED) is 0.0860. The van der Waals surface area contributed by atoms with Crippen molar-refractivity contribution in [2.45, 2.75) is 95.4 Å². The van der Waals surface area contributed by atoms with Crippen molar-refractivity contribution in [3.63, 3.8) is 0 Å². The van der Waals surface area contributed by atoms with E-state index in [0.29, 0.717) is 41.8 Å². The van der Waals surface area contributed by atoms with Crippen LogP contribution in [0.3, 0.4) is 0 Å². The molecule has 5 amide bonds. The largest absolute Gasteiger partial charge is 0.371 e. The fourth-order valence-electron chi connectivity index (χ4n) is 10.1.